The third-order valence-corrected chi connectivity index (χ3v) is 5.95. The van der Waals surface area contributed by atoms with Gasteiger partial charge in [-0.25, -0.2) is 8.42 Å². The number of amides is 1. The van der Waals surface area contributed by atoms with E-state index in [0.29, 0.717) is 17.8 Å². The van der Waals surface area contributed by atoms with E-state index in [1.165, 1.54) is 24.3 Å². The van der Waals surface area contributed by atoms with Crippen LogP contribution in [0, 0.1) is 6.92 Å². The molecule has 1 aliphatic heterocycles. The van der Waals surface area contributed by atoms with Gasteiger partial charge in [0.15, 0.2) is 0 Å². The van der Waals surface area contributed by atoms with E-state index in [2.05, 4.69) is 14.9 Å². The second-order valence-electron chi connectivity index (χ2n) is 6.71. The zero-order valence-corrected chi connectivity index (χ0v) is 16.7. The first-order valence-corrected chi connectivity index (χ1v) is 10.7. The van der Waals surface area contributed by atoms with Crippen LogP contribution in [-0.2, 0) is 14.8 Å². The van der Waals surface area contributed by atoms with Gasteiger partial charge in [-0.15, -0.1) is 0 Å². The van der Waals surface area contributed by atoms with Crippen LogP contribution in [0.4, 0.5) is 5.69 Å². The summed E-state index contributed by atoms with van der Waals surface area (Å²) in [7, 11) is -3.70. The highest BCUT2D eigenvalue weighted by molar-refractivity contribution is 7.92. The van der Waals surface area contributed by atoms with Crippen LogP contribution in [0.25, 0.3) is 0 Å². The maximum Gasteiger partial charge on any atom is 0.261 e. The van der Waals surface area contributed by atoms with Crippen molar-refractivity contribution in [1.82, 2.24) is 10.2 Å². The van der Waals surface area contributed by atoms with Gasteiger partial charge in [0.1, 0.15) is 0 Å². The van der Waals surface area contributed by atoms with Crippen molar-refractivity contribution in [3.05, 3.63) is 59.7 Å². The van der Waals surface area contributed by atoms with Crippen molar-refractivity contribution in [3.63, 3.8) is 0 Å². The highest BCUT2D eigenvalue weighted by Gasteiger charge is 2.15. The number of carbonyl (C=O) groups excluding carboxylic acids is 1. The molecule has 150 valence electrons. The van der Waals surface area contributed by atoms with Crippen LogP contribution in [0.1, 0.15) is 15.9 Å². The minimum atomic E-state index is -3.70. The van der Waals surface area contributed by atoms with Gasteiger partial charge in [-0.2, -0.15) is 0 Å². The van der Waals surface area contributed by atoms with Crippen LogP contribution in [0.3, 0.4) is 0 Å². The summed E-state index contributed by atoms with van der Waals surface area (Å²) in [4.78, 5) is 14.6. The molecule has 0 radical (unpaired) electrons. The molecule has 1 fully saturated rings. The lowest BCUT2D eigenvalue weighted by atomic mass is 10.2. The molecular weight excluding hydrogens is 378 g/mol. The highest BCUT2D eigenvalue weighted by atomic mass is 32.2. The molecular formula is C20H25N3O4S. The second-order valence-corrected chi connectivity index (χ2v) is 8.39. The number of sulfonamides is 1. The van der Waals surface area contributed by atoms with E-state index in [0.717, 1.165) is 38.4 Å². The Balaban J connectivity index is 1.55. The van der Waals surface area contributed by atoms with E-state index < -0.39 is 10.0 Å². The molecule has 0 aliphatic carbocycles. The van der Waals surface area contributed by atoms with Crippen LogP contribution >= 0.6 is 0 Å². The molecule has 0 saturated carbocycles. The lowest BCUT2D eigenvalue weighted by Gasteiger charge is -2.26. The van der Waals surface area contributed by atoms with Crippen LogP contribution in [0.2, 0.25) is 0 Å². The molecule has 28 heavy (non-hydrogen) atoms. The fraction of sp³-hybridized carbons (Fsp3) is 0.350. The maximum absolute atomic E-state index is 12.5. The second kappa shape index (κ2) is 9.18. The van der Waals surface area contributed by atoms with Crippen LogP contribution in [0.15, 0.2) is 53.4 Å². The number of ether oxygens (including phenoxy) is 1. The summed E-state index contributed by atoms with van der Waals surface area (Å²) in [6, 6.07) is 13.0. The molecule has 1 amide bonds. The van der Waals surface area contributed by atoms with Crippen molar-refractivity contribution in [3.8, 4) is 0 Å². The number of nitrogens with one attached hydrogen (secondary N) is 2. The van der Waals surface area contributed by atoms with Gasteiger partial charge in [-0.3, -0.25) is 14.4 Å². The normalized spacial score (nSPS) is 15.2. The van der Waals surface area contributed by atoms with Crippen molar-refractivity contribution in [2.75, 3.05) is 44.1 Å². The van der Waals surface area contributed by atoms with Crippen LogP contribution < -0.4 is 10.0 Å². The molecule has 7 nitrogen and oxygen atoms in total. The molecule has 0 atom stereocenters. The maximum atomic E-state index is 12.5. The quantitative estimate of drug-likeness (QED) is 0.737. The lowest BCUT2D eigenvalue weighted by molar-refractivity contribution is 0.0383. The molecule has 8 heteroatoms. The summed E-state index contributed by atoms with van der Waals surface area (Å²) in [5.41, 5.74) is 1.97. The SMILES string of the molecule is Cc1ccc(NS(=O)(=O)c2ccc(C(=O)NCCN3CCOCC3)cc2)cc1. The molecule has 2 aromatic carbocycles. The van der Waals surface area contributed by atoms with Gasteiger partial charge in [0.2, 0.25) is 0 Å². The third kappa shape index (κ3) is 5.54. The predicted molar refractivity (Wildman–Crippen MR) is 108 cm³/mol. The average Bonchev–Trinajstić information content (AvgIpc) is 2.70. The molecule has 0 unspecified atom stereocenters. The van der Waals surface area contributed by atoms with Gasteiger partial charge in [0.25, 0.3) is 15.9 Å². The van der Waals surface area contributed by atoms with Crippen molar-refractivity contribution in [1.29, 1.82) is 0 Å². The number of aryl methyl sites for hydroxylation is 1. The zero-order chi connectivity index (χ0) is 20.0. The minimum Gasteiger partial charge on any atom is -0.379 e. The molecule has 1 aliphatic rings. The predicted octanol–water partition coefficient (Wildman–Crippen LogP) is 1.86. The van der Waals surface area contributed by atoms with E-state index in [4.69, 9.17) is 4.74 Å². The van der Waals surface area contributed by atoms with E-state index >= 15 is 0 Å². The summed E-state index contributed by atoms with van der Waals surface area (Å²) in [5.74, 6) is -0.219. The van der Waals surface area contributed by atoms with E-state index in [1.54, 1.807) is 12.1 Å². The number of hydrogen-bond donors (Lipinski definition) is 2. The lowest BCUT2D eigenvalue weighted by Crippen LogP contribution is -2.41. The summed E-state index contributed by atoms with van der Waals surface area (Å²) in [6.07, 6.45) is 0. The average molecular weight is 404 g/mol. The smallest absolute Gasteiger partial charge is 0.261 e. The Morgan fingerprint density at radius 3 is 2.32 bits per heavy atom. The largest absolute Gasteiger partial charge is 0.379 e. The Bertz CT molecular complexity index is 890. The third-order valence-electron chi connectivity index (χ3n) is 4.55. The first kappa shape index (κ1) is 20.3. The molecule has 2 aromatic rings. The first-order valence-electron chi connectivity index (χ1n) is 9.22. The molecule has 0 bridgehead atoms. The summed E-state index contributed by atoms with van der Waals surface area (Å²) in [6.45, 7) is 6.42. The van der Waals surface area contributed by atoms with E-state index in [9.17, 15) is 13.2 Å². The zero-order valence-electron chi connectivity index (χ0n) is 15.8. The van der Waals surface area contributed by atoms with Crippen LogP contribution in [0.5, 0.6) is 0 Å². The van der Waals surface area contributed by atoms with Gasteiger partial charge in [0.05, 0.1) is 18.1 Å². The minimum absolute atomic E-state index is 0.109. The number of carbonyl (C=O) groups is 1. The number of anilines is 1. The number of morpholine rings is 1. The van der Waals surface area contributed by atoms with Crippen molar-refractivity contribution in [2.24, 2.45) is 0 Å². The van der Waals surface area contributed by atoms with E-state index in [-0.39, 0.29) is 10.8 Å². The first-order chi connectivity index (χ1) is 13.4. The summed E-state index contributed by atoms with van der Waals surface area (Å²) >= 11 is 0. The summed E-state index contributed by atoms with van der Waals surface area (Å²) in [5, 5.41) is 2.86. The Morgan fingerprint density at radius 1 is 1.04 bits per heavy atom. The highest BCUT2D eigenvalue weighted by Crippen LogP contribution is 2.17. The summed E-state index contributed by atoms with van der Waals surface area (Å²) < 4.78 is 32.8. The standard InChI is InChI=1S/C20H25N3O4S/c1-16-2-6-18(7-3-16)22-28(25,26)19-8-4-17(5-9-19)20(24)21-10-11-23-12-14-27-15-13-23/h2-9,22H,10-15H2,1H3,(H,21,24). The monoisotopic (exact) mass is 403 g/mol. The Kier molecular flexibility index (Phi) is 6.66. The molecule has 1 heterocycles. The van der Waals surface area contributed by atoms with Gasteiger partial charge < -0.3 is 10.1 Å². The fourth-order valence-corrected chi connectivity index (χ4v) is 3.93. The molecule has 3 rings (SSSR count). The van der Waals surface area contributed by atoms with Gasteiger partial charge in [0, 0.05) is 37.4 Å². The molecule has 0 spiro atoms. The molecule has 0 aromatic heterocycles. The van der Waals surface area contributed by atoms with Gasteiger partial charge >= 0.3 is 0 Å². The number of benzene rings is 2. The number of nitrogens with zero attached hydrogens (tertiary/aromatic N) is 1. The van der Waals surface area contributed by atoms with Crippen molar-refractivity contribution < 1.29 is 17.9 Å². The number of rotatable bonds is 7. The molecule has 2 N–H and O–H groups in total. The Labute approximate surface area is 165 Å². The van der Waals surface area contributed by atoms with Gasteiger partial charge in [-0.05, 0) is 43.3 Å². The van der Waals surface area contributed by atoms with Crippen molar-refractivity contribution >= 4 is 21.6 Å². The van der Waals surface area contributed by atoms with Crippen LogP contribution in [-0.4, -0.2) is 58.6 Å². The Morgan fingerprint density at radius 2 is 1.68 bits per heavy atom. The van der Waals surface area contributed by atoms with E-state index in [1.807, 2.05) is 19.1 Å². The Hall–Kier alpha value is -2.42. The van der Waals surface area contributed by atoms with Crippen molar-refractivity contribution in [2.45, 2.75) is 11.8 Å². The number of hydrogen-bond acceptors (Lipinski definition) is 5. The molecule has 1 saturated heterocycles. The fourth-order valence-electron chi connectivity index (χ4n) is 2.88. The topological polar surface area (TPSA) is 87.7 Å². The van der Waals surface area contributed by atoms with Gasteiger partial charge in [-0.1, -0.05) is 17.7 Å².